The number of hydrogen-bond donors (Lipinski definition) is 1. The number of rotatable bonds is 2. The third kappa shape index (κ3) is 2.28. The van der Waals surface area contributed by atoms with E-state index in [1.54, 1.807) is 0 Å². The van der Waals surface area contributed by atoms with Gasteiger partial charge in [0.2, 0.25) is 5.91 Å². The first-order chi connectivity index (χ1) is 8.48. The van der Waals surface area contributed by atoms with Gasteiger partial charge in [0, 0.05) is 26.2 Å². The molecule has 1 saturated carbocycles. The van der Waals surface area contributed by atoms with Crippen molar-refractivity contribution < 1.29 is 4.79 Å². The van der Waals surface area contributed by atoms with Crippen LogP contribution in [0, 0.1) is 5.92 Å². The number of nitrogens with two attached hydrogens (primary N) is 1. The number of carbonyl (C=O) groups is 1. The van der Waals surface area contributed by atoms with E-state index in [-0.39, 0.29) is 11.4 Å². The molecule has 4 nitrogen and oxygen atoms in total. The van der Waals surface area contributed by atoms with Crippen molar-refractivity contribution in [1.82, 2.24) is 9.80 Å². The van der Waals surface area contributed by atoms with Crippen molar-refractivity contribution >= 4 is 5.91 Å². The van der Waals surface area contributed by atoms with Crippen LogP contribution in [0.15, 0.2) is 0 Å². The van der Waals surface area contributed by atoms with Crippen LogP contribution in [0.5, 0.6) is 0 Å². The summed E-state index contributed by atoms with van der Waals surface area (Å²) in [5.74, 6) is 0.810. The standard InChI is InChI=1S/C14H27N3O/c1-14(2)13(18)16(3)8-9-17(14)12-7-5-4-6-11(12)10-15/h11-12H,4-10,15H2,1-3H3. The fraction of sp³-hybridized carbons (Fsp3) is 0.929. The highest BCUT2D eigenvalue weighted by atomic mass is 16.2. The van der Waals surface area contributed by atoms with Gasteiger partial charge in [0.15, 0.2) is 0 Å². The first kappa shape index (κ1) is 13.8. The molecule has 2 unspecified atom stereocenters. The third-order valence-electron chi connectivity index (χ3n) is 4.84. The van der Waals surface area contributed by atoms with Crippen LogP contribution in [0.3, 0.4) is 0 Å². The van der Waals surface area contributed by atoms with E-state index in [9.17, 15) is 4.79 Å². The number of hydrogen-bond acceptors (Lipinski definition) is 3. The summed E-state index contributed by atoms with van der Waals surface area (Å²) in [6.07, 6.45) is 4.98. The summed E-state index contributed by atoms with van der Waals surface area (Å²) in [7, 11) is 1.91. The topological polar surface area (TPSA) is 49.6 Å². The van der Waals surface area contributed by atoms with Crippen molar-refractivity contribution in [3.05, 3.63) is 0 Å². The summed E-state index contributed by atoms with van der Waals surface area (Å²) in [5, 5.41) is 0. The van der Waals surface area contributed by atoms with E-state index in [1.165, 1.54) is 25.7 Å². The highest BCUT2D eigenvalue weighted by Gasteiger charge is 2.45. The van der Waals surface area contributed by atoms with Crippen LogP contribution in [-0.4, -0.2) is 54.0 Å². The van der Waals surface area contributed by atoms with Crippen molar-refractivity contribution in [2.75, 3.05) is 26.7 Å². The van der Waals surface area contributed by atoms with E-state index in [0.717, 1.165) is 19.6 Å². The van der Waals surface area contributed by atoms with Crippen LogP contribution in [-0.2, 0) is 4.79 Å². The Balaban J connectivity index is 2.18. The van der Waals surface area contributed by atoms with Gasteiger partial charge in [-0.15, -0.1) is 0 Å². The van der Waals surface area contributed by atoms with E-state index in [2.05, 4.69) is 18.7 Å². The van der Waals surface area contributed by atoms with Crippen LogP contribution in [0.25, 0.3) is 0 Å². The lowest BCUT2D eigenvalue weighted by molar-refractivity contribution is -0.151. The van der Waals surface area contributed by atoms with Gasteiger partial charge in [-0.2, -0.15) is 0 Å². The van der Waals surface area contributed by atoms with Gasteiger partial charge in [0.05, 0.1) is 5.54 Å². The monoisotopic (exact) mass is 253 g/mol. The van der Waals surface area contributed by atoms with Crippen LogP contribution >= 0.6 is 0 Å². The molecule has 1 aliphatic carbocycles. The minimum absolute atomic E-state index is 0.245. The largest absolute Gasteiger partial charge is 0.343 e. The number of amides is 1. The summed E-state index contributed by atoms with van der Waals surface area (Å²) in [6, 6.07) is 0.497. The van der Waals surface area contributed by atoms with Crippen LogP contribution < -0.4 is 5.73 Å². The summed E-state index contributed by atoms with van der Waals surface area (Å²) >= 11 is 0. The van der Waals surface area contributed by atoms with Crippen molar-refractivity contribution in [2.24, 2.45) is 11.7 Å². The Morgan fingerprint density at radius 3 is 2.61 bits per heavy atom. The van der Waals surface area contributed by atoms with Crippen molar-refractivity contribution in [3.63, 3.8) is 0 Å². The third-order valence-corrected chi connectivity index (χ3v) is 4.84. The molecule has 1 saturated heterocycles. The van der Waals surface area contributed by atoms with Gasteiger partial charge in [-0.1, -0.05) is 12.8 Å². The maximum Gasteiger partial charge on any atom is 0.242 e. The summed E-state index contributed by atoms with van der Waals surface area (Å²) < 4.78 is 0. The molecule has 1 heterocycles. The molecular weight excluding hydrogens is 226 g/mol. The summed E-state index contributed by atoms with van der Waals surface area (Å²) in [4.78, 5) is 16.6. The maximum atomic E-state index is 12.3. The Morgan fingerprint density at radius 1 is 1.28 bits per heavy atom. The van der Waals surface area contributed by atoms with Gasteiger partial charge >= 0.3 is 0 Å². The number of nitrogens with zero attached hydrogens (tertiary/aromatic N) is 2. The fourth-order valence-corrected chi connectivity index (χ4v) is 3.68. The van der Waals surface area contributed by atoms with Gasteiger partial charge < -0.3 is 10.6 Å². The molecule has 2 rings (SSSR count). The van der Waals surface area contributed by atoms with E-state index in [1.807, 2.05) is 11.9 Å². The molecular formula is C14H27N3O. The highest BCUT2D eigenvalue weighted by molar-refractivity contribution is 5.86. The quantitative estimate of drug-likeness (QED) is 0.800. The number of carbonyl (C=O) groups excluding carboxylic acids is 1. The lowest BCUT2D eigenvalue weighted by Gasteiger charge is -2.51. The minimum atomic E-state index is -0.373. The van der Waals surface area contributed by atoms with Crippen molar-refractivity contribution in [1.29, 1.82) is 0 Å². The van der Waals surface area contributed by atoms with Crippen LogP contribution in [0.4, 0.5) is 0 Å². The van der Waals surface area contributed by atoms with Crippen molar-refractivity contribution in [2.45, 2.75) is 51.1 Å². The highest BCUT2D eigenvalue weighted by Crippen LogP contribution is 2.34. The molecule has 0 aromatic carbocycles. The average Bonchev–Trinajstić information content (AvgIpc) is 2.36. The zero-order valence-corrected chi connectivity index (χ0v) is 12.0. The second-order valence-electron chi connectivity index (χ2n) is 6.33. The molecule has 1 amide bonds. The maximum absolute atomic E-state index is 12.3. The molecule has 18 heavy (non-hydrogen) atoms. The number of likely N-dealkylation sites (N-methyl/N-ethyl adjacent to an activating group) is 1. The normalized spacial score (nSPS) is 33.8. The zero-order valence-electron chi connectivity index (χ0n) is 12.0. The van der Waals surface area contributed by atoms with E-state index in [0.29, 0.717) is 12.0 Å². The van der Waals surface area contributed by atoms with Gasteiger partial charge in [0.1, 0.15) is 0 Å². The molecule has 0 aromatic rings. The van der Waals surface area contributed by atoms with Crippen LogP contribution in [0.2, 0.25) is 0 Å². The number of piperazine rings is 1. The molecule has 0 spiro atoms. The second-order valence-corrected chi connectivity index (χ2v) is 6.33. The molecule has 2 aliphatic rings. The molecule has 0 radical (unpaired) electrons. The minimum Gasteiger partial charge on any atom is -0.343 e. The van der Waals surface area contributed by atoms with Crippen LogP contribution in [0.1, 0.15) is 39.5 Å². The lowest BCUT2D eigenvalue weighted by atomic mass is 9.80. The molecule has 0 aromatic heterocycles. The Kier molecular flexibility index (Phi) is 3.97. The van der Waals surface area contributed by atoms with Gasteiger partial charge in [-0.3, -0.25) is 9.69 Å². The summed E-state index contributed by atoms with van der Waals surface area (Å²) in [5.41, 5.74) is 5.56. The van der Waals surface area contributed by atoms with E-state index < -0.39 is 0 Å². The molecule has 104 valence electrons. The first-order valence-electron chi connectivity index (χ1n) is 7.21. The SMILES string of the molecule is CN1CCN(C2CCCCC2CN)C(C)(C)C1=O. The van der Waals surface area contributed by atoms with Crippen molar-refractivity contribution in [3.8, 4) is 0 Å². The Morgan fingerprint density at radius 2 is 1.94 bits per heavy atom. The Bertz CT molecular complexity index is 316. The average molecular weight is 253 g/mol. The predicted molar refractivity (Wildman–Crippen MR) is 73.2 cm³/mol. The molecule has 1 aliphatic heterocycles. The molecule has 4 heteroatoms. The molecule has 0 bridgehead atoms. The van der Waals surface area contributed by atoms with Gasteiger partial charge in [-0.05, 0) is 39.2 Å². The summed E-state index contributed by atoms with van der Waals surface area (Å²) in [6.45, 7) is 6.70. The Hall–Kier alpha value is -0.610. The molecule has 2 atom stereocenters. The predicted octanol–water partition coefficient (Wildman–Crippen LogP) is 1.06. The smallest absolute Gasteiger partial charge is 0.242 e. The van der Waals surface area contributed by atoms with E-state index in [4.69, 9.17) is 5.73 Å². The van der Waals surface area contributed by atoms with Gasteiger partial charge in [0.25, 0.3) is 0 Å². The Labute approximate surface area is 110 Å². The first-order valence-corrected chi connectivity index (χ1v) is 7.21. The fourth-order valence-electron chi connectivity index (χ4n) is 3.68. The second kappa shape index (κ2) is 5.17. The lowest BCUT2D eigenvalue weighted by Crippen LogP contribution is -2.66. The van der Waals surface area contributed by atoms with E-state index >= 15 is 0 Å². The molecule has 2 fully saturated rings. The van der Waals surface area contributed by atoms with Gasteiger partial charge in [-0.25, -0.2) is 0 Å². The molecule has 2 N–H and O–H groups in total. The zero-order chi connectivity index (χ0) is 13.3.